The second-order valence-corrected chi connectivity index (χ2v) is 6.65. The van der Waals surface area contributed by atoms with Crippen LogP contribution in [0.1, 0.15) is 46.1 Å². The summed E-state index contributed by atoms with van der Waals surface area (Å²) >= 11 is 0. The number of hydrogen-bond donors (Lipinski definition) is 1. The monoisotopic (exact) mass is 331 g/mol. The van der Waals surface area contributed by atoms with Crippen LogP contribution in [0.25, 0.3) is 0 Å². The number of ether oxygens (including phenoxy) is 1. The van der Waals surface area contributed by atoms with Crippen LogP contribution in [-0.2, 0) is 9.53 Å². The maximum atomic E-state index is 12.7. The van der Waals surface area contributed by atoms with Crippen LogP contribution >= 0.6 is 0 Å². The van der Waals surface area contributed by atoms with Crippen LogP contribution in [0, 0.1) is 10.1 Å². The lowest BCUT2D eigenvalue weighted by atomic mass is 9.84. The molecule has 0 saturated heterocycles. The minimum atomic E-state index is -0.806. The highest BCUT2D eigenvalue weighted by molar-refractivity contribution is 5.92. The molecule has 1 N–H and O–H groups in total. The van der Waals surface area contributed by atoms with Crippen LogP contribution in [0.5, 0.6) is 0 Å². The van der Waals surface area contributed by atoms with E-state index >= 15 is 0 Å². The summed E-state index contributed by atoms with van der Waals surface area (Å²) < 4.78 is 5.47. The molecule has 0 aliphatic carbocycles. The van der Waals surface area contributed by atoms with Gasteiger partial charge in [0.25, 0.3) is 5.70 Å². The average Bonchev–Trinajstić information content (AvgIpc) is 2.44. The number of allylic oxidation sites excluding steroid dienone is 3. The van der Waals surface area contributed by atoms with Crippen molar-refractivity contribution in [2.75, 3.05) is 0 Å². The van der Waals surface area contributed by atoms with E-state index in [-0.39, 0.29) is 11.3 Å². The largest absolute Gasteiger partial charge is 0.457 e. The van der Waals surface area contributed by atoms with Crippen molar-refractivity contribution in [2.45, 2.75) is 46.1 Å². The number of esters is 1. The molecule has 2 heterocycles. The summed E-state index contributed by atoms with van der Waals surface area (Å²) in [6, 6.07) is 3.34. The molecule has 0 radical (unpaired) electrons. The van der Waals surface area contributed by atoms with Crippen molar-refractivity contribution in [1.29, 1.82) is 0 Å². The fraction of sp³-hybridized carbons (Fsp3) is 0.412. The highest BCUT2D eigenvalue weighted by Crippen LogP contribution is 2.38. The van der Waals surface area contributed by atoms with Gasteiger partial charge in [0.15, 0.2) is 0 Å². The van der Waals surface area contributed by atoms with Crippen molar-refractivity contribution in [1.82, 2.24) is 10.3 Å². The molecule has 0 amide bonds. The highest BCUT2D eigenvalue weighted by atomic mass is 16.6. The zero-order valence-electron chi connectivity index (χ0n) is 14.4. The Hall–Kier alpha value is -2.70. The van der Waals surface area contributed by atoms with Gasteiger partial charge in [-0.05, 0) is 52.3 Å². The van der Waals surface area contributed by atoms with Crippen molar-refractivity contribution >= 4 is 5.97 Å². The smallest absolute Gasteiger partial charge is 0.337 e. The maximum absolute atomic E-state index is 12.7. The summed E-state index contributed by atoms with van der Waals surface area (Å²) in [6.07, 6.45) is 3.10. The molecule has 0 aromatic carbocycles. The average molecular weight is 331 g/mol. The molecule has 0 fully saturated rings. The predicted molar refractivity (Wildman–Crippen MR) is 88.4 cm³/mol. The Labute approximate surface area is 140 Å². The van der Waals surface area contributed by atoms with Gasteiger partial charge in [-0.25, -0.2) is 4.79 Å². The molecular weight excluding hydrogens is 310 g/mol. The van der Waals surface area contributed by atoms with Gasteiger partial charge in [-0.2, -0.15) is 0 Å². The van der Waals surface area contributed by atoms with Gasteiger partial charge in [0.2, 0.25) is 0 Å². The fourth-order valence-electron chi connectivity index (χ4n) is 2.71. The third-order valence-electron chi connectivity index (χ3n) is 3.58. The van der Waals surface area contributed by atoms with E-state index in [1.165, 1.54) is 0 Å². The number of nitrogens with one attached hydrogen (secondary N) is 1. The quantitative estimate of drug-likeness (QED) is 0.520. The highest BCUT2D eigenvalue weighted by Gasteiger charge is 2.41. The van der Waals surface area contributed by atoms with Gasteiger partial charge in [0.05, 0.1) is 16.2 Å². The van der Waals surface area contributed by atoms with Gasteiger partial charge in [-0.3, -0.25) is 15.1 Å². The zero-order chi connectivity index (χ0) is 18.1. The fourth-order valence-corrected chi connectivity index (χ4v) is 2.71. The van der Waals surface area contributed by atoms with Crippen LogP contribution in [0.3, 0.4) is 0 Å². The number of pyridine rings is 1. The molecule has 0 saturated carbocycles. The Morgan fingerprint density at radius 3 is 2.33 bits per heavy atom. The summed E-state index contributed by atoms with van der Waals surface area (Å²) in [5.74, 6) is -1.37. The number of carbonyl (C=O) groups is 1. The van der Waals surface area contributed by atoms with E-state index in [1.54, 1.807) is 59.1 Å². The van der Waals surface area contributed by atoms with Gasteiger partial charge in [0.1, 0.15) is 11.5 Å². The zero-order valence-corrected chi connectivity index (χ0v) is 14.4. The maximum Gasteiger partial charge on any atom is 0.337 e. The first-order chi connectivity index (χ1) is 11.1. The van der Waals surface area contributed by atoms with Crippen molar-refractivity contribution in [3.05, 3.63) is 62.9 Å². The Morgan fingerprint density at radius 1 is 1.25 bits per heavy atom. The molecule has 7 nitrogen and oxygen atoms in total. The lowest BCUT2D eigenvalue weighted by molar-refractivity contribution is -0.431. The van der Waals surface area contributed by atoms with Gasteiger partial charge < -0.3 is 10.1 Å². The molecule has 0 spiro atoms. The Balaban J connectivity index is 2.60. The lowest BCUT2D eigenvalue weighted by Gasteiger charge is -2.28. The third-order valence-corrected chi connectivity index (χ3v) is 3.58. The second kappa shape index (κ2) is 6.43. The lowest BCUT2D eigenvalue weighted by Crippen LogP contribution is -2.34. The standard InChI is InChI=1S/C17H21N3O4/c1-10-13(16(21)24-17(3,4)5)14(12-6-8-18-9-7-12)15(20(22)23)11(2)19-10/h6-9,14,19H,1-5H3. The van der Waals surface area contributed by atoms with Crippen molar-refractivity contribution in [2.24, 2.45) is 0 Å². The number of hydrogen-bond acceptors (Lipinski definition) is 6. The summed E-state index contributed by atoms with van der Waals surface area (Å²) in [5.41, 5.74) is 1.07. The molecule has 1 aliphatic rings. The van der Waals surface area contributed by atoms with E-state index in [9.17, 15) is 14.9 Å². The molecule has 1 atom stereocenters. The van der Waals surface area contributed by atoms with E-state index in [4.69, 9.17) is 4.74 Å². The summed E-state index contributed by atoms with van der Waals surface area (Å²) in [7, 11) is 0. The molecular formula is C17H21N3O4. The summed E-state index contributed by atoms with van der Waals surface area (Å²) in [6.45, 7) is 8.62. The predicted octanol–water partition coefficient (Wildman–Crippen LogP) is 2.89. The molecule has 2 rings (SSSR count). The van der Waals surface area contributed by atoms with Crippen molar-refractivity contribution in [3.63, 3.8) is 0 Å². The first-order valence-corrected chi connectivity index (χ1v) is 7.58. The molecule has 1 aliphatic heterocycles. The number of nitro groups is 1. The molecule has 0 bridgehead atoms. The van der Waals surface area contributed by atoms with Crippen molar-refractivity contribution in [3.8, 4) is 0 Å². The van der Waals surface area contributed by atoms with Crippen molar-refractivity contribution < 1.29 is 14.5 Å². The second-order valence-electron chi connectivity index (χ2n) is 6.65. The molecule has 24 heavy (non-hydrogen) atoms. The summed E-state index contributed by atoms with van der Waals surface area (Å²) in [4.78, 5) is 27.8. The number of aromatic nitrogens is 1. The Bertz CT molecular complexity index is 730. The van der Waals surface area contributed by atoms with Gasteiger partial charge in [0, 0.05) is 18.1 Å². The molecule has 128 valence electrons. The van der Waals surface area contributed by atoms with Crippen LogP contribution in [0.2, 0.25) is 0 Å². The Morgan fingerprint density at radius 2 is 1.83 bits per heavy atom. The SMILES string of the molecule is CC1=C(C(=O)OC(C)(C)C)C(c2ccncc2)C([N+](=O)[O-])=C(C)N1. The van der Waals surface area contributed by atoms with E-state index in [0.29, 0.717) is 17.0 Å². The Kier molecular flexibility index (Phi) is 4.73. The molecule has 1 aromatic heterocycles. The normalized spacial score (nSPS) is 18.3. The molecule has 1 unspecified atom stereocenters. The third kappa shape index (κ3) is 3.61. The van der Waals surface area contributed by atoms with E-state index < -0.39 is 22.4 Å². The minimum absolute atomic E-state index is 0.0624. The number of nitrogens with zero attached hydrogens (tertiary/aromatic N) is 2. The van der Waals surface area contributed by atoms with E-state index in [1.807, 2.05) is 0 Å². The first-order valence-electron chi connectivity index (χ1n) is 7.58. The van der Waals surface area contributed by atoms with Crippen LogP contribution in [0.15, 0.2) is 47.2 Å². The van der Waals surface area contributed by atoms with Crippen LogP contribution < -0.4 is 5.32 Å². The van der Waals surface area contributed by atoms with Gasteiger partial charge in [-0.15, -0.1) is 0 Å². The molecule has 1 aromatic rings. The van der Waals surface area contributed by atoms with Crippen LogP contribution in [0.4, 0.5) is 0 Å². The minimum Gasteiger partial charge on any atom is -0.457 e. The van der Waals surface area contributed by atoms with E-state index in [0.717, 1.165) is 0 Å². The summed E-state index contributed by atoms with van der Waals surface area (Å²) in [5, 5.41) is 14.6. The number of carbonyl (C=O) groups excluding carboxylic acids is 1. The topological polar surface area (TPSA) is 94.4 Å². The first kappa shape index (κ1) is 17.7. The van der Waals surface area contributed by atoms with E-state index in [2.05, 4.69) is 10.3 Å². The number of dihydropyridines is 1. The molecule has 7 heteroatoms. The van der Waals surface area contributed by atoms with Gasteiger partial charge >= 0.3 is 5.97 Å². The van der Waals surface area contributed by atoms with Gasteiger partial charge in [-0.1, -0.05) is 0 Å². The number of rotatable bonds is 3. The van der Waals surface area contributed by atoms with Crippen LogP contribution in [-0.4, -0.2) is 21.5 Å².